The van der Waals surface area contributed by atoms with Gasteiger partial charge in [-0.3, -0.25) is 0 Å². The fourth-order valence-corrected chi connectivity index (χ4v) is 2.88. The summed E-state index contributed by atoms with van der Waals surface area (Å²) in [6.07, 6.45) is 11.9. The second kappa shape index (κ2) is 9.00. The Hall–Kier alpha value is -3.12. The van der Waals surface area contributed by atoms with Gasteiger partial charge in [0, 0.05) is 12.4 Å². The first-order valence-corrected chi connectivity index (χ1v) is 8.62. The first-order chi connectivity index (χ1) is 13.2. The molecule has 1 heterocycles. The number of rotatable bonds is 7. The van der Waals surface area contributed by atoms with Gasteiger partial charge in [0.25, 0.3) is 0 Å². The monoisotopic (exact) mass is 366 g/mol. The van der Waals surface area contributed by atoms with Gasteiger partial charge in [-0.15, -0.1) is 0 Å². The van der Waals surface area contributed by atoms with Gasteiger partial charge < -0.3 is 14.2 Å². The van der Waals surface area contributed by atoms with Crippen LogP contribution in [0, 0.1) is 0 Å². The van der Waals surface area contributed by atoms with E-state index in [1.807, 2.05) is 48.7 Å². The molecule has 1 aliphatic carbocycles. The molecule has 140 valence electrons. The lowest BCUT2D eigenvalue weighted by Gasteiger charge is -2.19. The van der Waals surface area contributed by atoms with Crippen molar-refractivity contribution in [1.82, 2.24) is 9.78 Å². The molecule has 1 unspecified atom stereocenters. The molecule has 0 N–H and O–H groups in total. The highest BCUT2D eigenvalue weighted by molar-refractivity contribution is 6.16. The number of methoxy groups -OCH3 is 2. The Morgan fingerprint density at radius 2 is 2.15 bits per heavy atom. The second-order valence-electron chi connectivity index (χ2n) is 5.95. The predicted molar refractivity (Wildman–Crippen MR) is 102 cm³/mol. The van der Waals surface area contributed by atoms with Gasteiger partial charge in [-0.05, 0) is 35.8 Å². The van der Waals surface area contributed by atoms with Gasteiger partial charge >= 0.3 is 5.97 Å². The molecule has 1 aromatic heterocycles. The van der Waals surface area contributed by atoms with Crippen molar-refractivity contribution < 1.29 is 19.0 Å². The first-order valence-electron chi connectivity index (χ1n) is 8.62. The number of hydrogen-bond acceptors (Lipinski definition) is 5. The third kappa shape index (κ3) is 4.54. The molecular weight excluding hydrogens is 344 g/mol. The van der Waals surface area contributed by atoms with Crippen LogP contribution in [-0.4, -0.2) is 36.1 Å². The minimum atomic E-state index is -0.453. The lowest BCUT2D eigenvalue weighted by Crippen LogP contribution is -2.15. The van der Waals surface area contributed by atoms with Gasteiger partial charge in [0.1, 0.15) is 5.57 Å². The van der Waals surface area contributed by atoms with E-state index < -0.39 is 5.97 Å². The molecule has 0 aliphatic heterocycles. The van der Waals surface area contributed by atoms with E-state index in [0.717, 1.165) is 23.2 Å². The minimum Gasteiger partial charge on any atom is -0.503 e. The van der Waals surface area contributed by atoms with E-state index in [1.54, 1.807) is 10.9 Å². The molecule has 0 fully saturated rings. The van der Waals surface area contributed by atoms with Crippen molar-refractivity contribution in [2.75, 3.05) is 14.2 Å². The zero-order valence-electron chi connectivity index (χ0n) is 15.4. The van der Waals surface area contributed by atoms with Gasteiger partial charge in [-0.1, -0.05) is 30.3 Å². The fourth-order valence-electron chi connectivity index (χ4n) is 2.88. The summed E-state index contributed by atoms with van der Waals surface area (Å²) < 4.78 is 17.8. The van der Waals surface area contributed by atoms with Gasteiger partial charge in [0.2, 0.25) is 0 Å². The Bertz CT molecular complexity index is 866. The standard InChI is InChI=1S/C21H22N2O4/c1-25-15-20(21(24)26-2)19-10-4-3-7-16(19)14-27-18-9-5-8-17(13-18)23-12-6-11-22-23/h3-8,10-13,15,18H,9,14H2,1-2H3/b20-15+. The Labute approximate surface area is 158 Å². The quantitative estimate of drug-likeness (QED) is 0.427. The lowest BCUT2D eigenvalue weighted by atomic mass is 10.0. The summed E-state index contributed by atoms with van der Waals surface area (Å²) in [5.41, 5.74) is 2.94. The third-order valence-corrected chi connectivity index (χ3v) is 4.18. The molecule has 27 heavy (non-hydrogen) atoms. The minimum absolute atomic E-state index is 0.0739. The van der Waals surface area contributed by atoms with Crippen LogP contribution in [0.5, 0.6) is 0 Å². The molecule has 3 rings (SSSR count). The summed E-state index contributed by atoms with van der Waals surface area (Å²) in [4.78, 5) is 12.1. The smallest absolute Gasteiger partial charge is 0.341 e. The van der Waals surface area contributed by atoms with Crippen LogP contribution in [0.15, 0.2) is 67.2 Å². The zero-order chi connectivity index (χ0) is 19.1. The third-order valence-electron chi connectivity index (χ3n) is 4.18. The number of hydrogen-bond donors (Lipinski definition) is 0. The predicted octanol–water partition coefficient (Wildman–Crippen LogP) is 3.43. The highest BCUT2D eigenvalue weighted by Gasteiger charge is 2.18. The molecule has 6 heteroatoms. The van der Waals surface area contributed by atoms with Crippen molar-refractivity contribution in [3.63, 3.8) is 0 Å². The number of benzene rings is 1. The number of aromatic nitrogens is 2. The molecule has 0 amide bonds. The molecule has 0 radical (unpaired) electrons. The molecule has 0 spiro atoms. The van der Waals surface area contributed by atoms with Gasteiger partial charge in [0.05, 0.1) is 38.9 Å². The summed E-state index contributed by atoms with van der Waals surface area (Å²) in [6.45, 7) is 0.357. The van der Waals surface area contributed by atoms with Gasteiger partial charge in [-0.25, -0.2) is 9.48 Å². The molecule has 1 aromatic carbocycles. The maximum atomic E-state index is 12.1. The van der Waals surface area contributed by atoms with Crippen LogP contribution < -0.4 is 0 Å². The second-order valence-corrected chi connectivity index (χ2v) is 5.95. The summed E-state index contributed by atoms with van der Waals surface area (Å²) >= 11 is 0. The van der Waals surface area contributed by atoms with Gasteiger partial charge in [-0.2, -0.15) is 5.10 Å². The first kappa shape index (κ1) is 18.7. The molecule has 2 aromatic rings. The van der Waals surface area contributed by atoms with Gasteiger partial charge in [0.15, 0.2) is 0 Å². The van der Waals surface area contributed by atoms with E-state index in [2.05, 4.69) is 11.2 Å². The molecule has 0 saturated carbocycles. The Morgan fingerprint density at radius 3 is 2.89 bits per heavy atom. The van der Waals surface area contributed by atoms with E-state index in [1.165, 1.54) is 20.5 Å². The van der Waals surface area contributed by atoms with Crippen LogP contribution in [0.25, 0.3) is 11.3 Å². The summed E-state index contributed by atoms with van der Waals surface area (Å²) in [5.74, 6) is -0.453. The van der Waals surface area contributed by atoms with E-state index in [-0.39, 0.29) is 6.10 Å². The van der Waals surface area contributed by atoms with E-state index >= 15 is 0 Å². The molecule has 1 atom stereocenters. The zero-order valence-corrected chi connectivity index (χ0v) is 15.4. The van der Waals surface area contributed by atoms with Crippen LogP contribution in [0.4, 0.5) is 0 Å². The van der Waals surface area contributed by atoms with Crippen LogP contribution in [0.2, 0.25) is 0 Å². The SMILES string of the molecule is CO/C=C(/C(=O)OC)c1ccccc1COC1C=C(n2cccn2)C=CC1. The number of nitrogens with zero attached hydrogens (tertiary/aromatic N) is 2. The topological polar surface area (TPSA) is 62.6 Å². The fraction of sp³-hybridized carbons (Fsp3) is 0.238. The maximum absolute atomic E-state index is 12.1. The highest BCUT2D eigenvalue weighted by Crippen LogP contribution is 2.24. The number of allylic oxidation sites excluding steroid dienone is 2. The van der Waals surface area contributed by atoms with Crippen molar-refractivity contribution >= 4 is 17.2 Å². The molecule has 1 aliphatic rings. The molecule has 0 saturated heterocycles. The summed E-state index contributed by atoms with van der Waals surface area (Å²) in [6, 6.07) is 9.44. The number of carbonyl (C=O) groups excluding carboxylic acids is 1. The molecule has 6 nitrogen and oxygen atoms in total. The lowest BCUT2D eigenvalue weighted by molar-refractivity contribution is -0.133. The summed E-state index contributed by atoms with van der Waals surface area (Å²) in [7, 11) is 2.85. The maximum Gasteiger partial charge on any atom is 0.341 e. The van der Waals surface area contributed by atoms with Crippen LogP contribution in [0.3, 0.4) is 0 Å². The Morgan fingerprint density at radius 1 is 1.30 bits per heavy atom. The van der Waals surface area contributed by atoms with Crippen molar-refractivity contribution in [3.8, 4) is 0 Å². The van der Waals surface area contributed by atoms with Crippen molar-refractivity contribution in [2.45, 2.75) is 19.1 Å². The molecular formula is C21H22N2O4. The Balaban J connectivity index is 1.76. The van der Waals surface area contributed by atoms with Crippen molar-refractivity contribution in [1.29, 1.82) is 0 Å². The normalized spacial score (nSPS) is 16.7. The number of carbonyl (C=O) groups is 1. The van der Waals surface area contributed by atoms with Crippen molar-refractivity contribution in [2.24, 2.45) is 0 Å². The van der Waals surface area contributed by atoms with Crippen LogP contribution >= 0.6 is 0 Å². The largest absolute Gasteiger partial charge is 0.503 e. The van der Waals surface area contributed by atoms with Crippen LogP contribution in [0.1, 0.15) is 17.5 Å². The molecule has 0 bridgehead atoms. The summed E-state index contributed by atoms with van der Waals surface area (Å²) in [5, 5.41) is 4.25. The van der Waals surface area contributed by atoms with E-state index in [0.29, 0.717) is 12.2 Å². The Kier molecular flexibility index (Phi) is 6.22. The number of ether oxygens (including phenoxy) is 3. The van der Waals surface area contributed by atoms with Crippen molar-refractivity contribution in [3.05, 3.63) is 78.3 Å². The van der Waals surface area contributed by atoms with Crippen LogP contribution in [-0.2, 0) is 25.6 Å². The van der Waals surface area contributed by atoms with E-state index in [9.17, 15) is 4.79 Å². The average Bonchev–Trinajstić information content (AvgIpc) is 3.25. The van der Waals surface area contributed by atoms with E-state index in [4.69, 9.17) is 14.2 Å². The number of esters is 1. The highest BCUT2D eigenvalue weighted by atomic mass is 16.5. The average molecular weight is 366 g/mol.